The number of likely N-dealkylation sites (N-methyl/N-ethyl adjacent to an activating group) is 1. The molecule has 1 N–H and O–H groups in total. The van der Waals surface area contributed by atoms with Gasteiger partial charge in [0.15, 0.2) is 0 Å². The zero-order valence-corrected chi connectivity index (χ0v) is 20.2. The van der Waals surface area contributed by atoms with E-state index in [9.17, 15) is 9.50 Å². The average molecular weight is 477 g/mol. The first-order valence-electron chi connectivity index (χ1n) is 12.3. The molecule has 0 bridgehead atoms. The second-order valence-electron chi connectivity index (χ2n) is 9.61. The number of aromatic nitrogens is 1. The number of rotatable bonds is 7. The molecule has 35 heavy (non-hydrogen) atoms. The summed E-state index contributed by atoms with van der Waals surface area (Å²) in [5.74, 6) is 0.355. The minimum Gasteiger partial charge on any atom is -0.489 e. The van der Waals surface area contributed by atoms with E-state index in [1.165, 1.54) is 22.9 Å². The van der Waals surface area contributed by atoms with Crippen molar-refractivity contribution in [2.24, 2.45) is 0 Å². The standard InChI is InChI=1S/C28H33FN4O2/c1-31-12-13-33(19-25(34)18-32-11-9-21-4-2-3-5-22(21)16-32)17-23-6-7-26(14-28(23)31)35-20-24-8-10-30-15-27(24)29/h2-8,10,14-15,25,34H,9,11-13,16-20H2,1H3/t25-/m1/s1. The first kappa shape index (κ1) is 23.7. The normalized spacial score (nSPS) is 17.4. The van der Waals surface area contributed by atoms with Gasteiger partial charge in [-0.15, -0.1) is 0 Å². The van der Waals surface area contributed by atoms with E-state index in [1.807, 2.05) is 12.1 Å². The van der Waals surface area contributed by atoms with Crippen molar-refractivity contribution in [1.29, 1.82) is 0 Å². The number of hydrogen-bond donors (Lipinski definition) is 1. The fraction of sp³-hybridized carbons (Fsp3) is 0.393. The van der Waals surface area contributed by atoms with Gasteiger partial charge in [-0.2, -0.15) is 0 Å². The van der Waals surface area contributed by atoms with Crippen LogP contribution in [0.1, 0.15) is 22.3 Å². The fourth-order valence-electron chi connectivity index (χ4n) is 5.06. The quantitative estimate of drug-likeness (QED) is 0.564. The summed E-state index contributed by atoms with van der Waals surface area (Å²) in [6.45, 7) is 5.91. The lowest BCUT2D eigenvalue weighted by atomic mass is 10.00. The maximum atomic E-state index is 13.9. The van der Waals surface area contributed by atoms with Crippen LogP contribution >= 0.6 is 0 Å². The summed E-state index contributed by atoms with van der Waals surface area (Å²) in [6, 6.07) is 16.3. The van der Waals surface area contributed by atoms with E-state index in [4.69, 9.17) is 4.74 Å². The Morgan fingerprint density at radius 3 is 2.57 bits per heavy atom. The van der Waals surface area contributed by atoms with Gasteiger partial charge in [-0.25, -0.2) is 4.39 Å². The highest BCUT2D eigenvalue weighted by molar-refractivity contribution is 5.57. The summed E-state index contributed by atoms with van der Waals surface area (Å²) < 4.78 is 19.7. The number of nitrogens with zero attached hydrogens (tertiary/aromatic N) is 4. The lowest BCUT2D eigenvalue weighted by Crippen LogP contribution is -2.42. The van der Waals surface area contributed by atoms with Crippen LogP contribution in [0.15, 0.2) is 60.9 Å². The van der Waals surface area contributed by atoms with Crippen LogP contribution in [0.25, 0.3) is 0 Å². The van der Waals surface area contributed by atoms with Crippen molar-refractivity contribution in [3.63, 3.8) is 0 Å². The number of benzene rings is 2. The number of aliphatic hydroxyl groups is 1. The van der Waals surface area contributed by atoms with Gasteiger partial charge in [0.05, 0.1) is 12.3 Å². The lowest BCUT2D eigenvalue weighted by molar-refractivity contribution is 0.0682. The molecular formula is C28H33FN4O2. The van der Waals surface area contributed by atoms with Gasteiger partial charge in [0, 0.05) is 76.4 Å². The Kier molecular flexibility index (Phi) is 7.27. The Labute approximate surface area is 206 Å². The third-order valence-corrected chi connectivity index (χ3v) is 7.01. The summed E-state index contributed by atoms with van der Waals surface area (Å²) in [5.41, 5.74) is 5.61. The maximum Gasteiger partial charge on any atom is 0.148 e. The number of halogens is 1. The van der Waals surface area contributed by atoms with Crippen molar-refractivity contribution in [3.8, 4) is 5.75 Å². The molecule has 1 atom stereocenters. The number of β-amino-alcohol motifs (C(OH)–C–C–N with tert-alkyl or cyclic N) is 1. The number of fused-ring (bicyclic) bond motifs is 2. The van der Waals surface area contributed by atoms with E-state index in [0.717, 1.165) is 44.8 Å². The molecule has 184 valence electrons. The van der Waals surface area contributed by atoms with Gasteiger partial charge in [0.2, 0.25) is 0 Å². The Morgan fingerprint density at radius 2 is 1.74 bits per heavy atom. The molecule has 2 aliphatic heterocycles. The summed E-state index contributed by atoms with van der Waals surface area (Å²) in [4.78, 5) is 10.7. The molecule has 3 aromatic rings. The fourth-order valence-corrected chi connectivity index (χ4v) is 5.06. The van der Waals surface area contributed by atoms with Gasteiger partial charge >= 0.3 is 0 Å². The van der Waals surface area contributed by atoms with Crippen LogP contribution in [-0.4, -0.2) is 65.8 Å². The predicted molar refractivity (Wildman–Crippen MR) is 135 cm³/mol. The highest BCUT2D eigenvalue weighted by Gasteiger charge is 2.23. The maximum absolute atomic E-state index is 13.9. The molecule has 0 saturated carbocycles. The van der Waals surface area contributed by atoms with E-state index < -0.39 is 6.10 Å². The van der Waals surface area contributed by atoms with Gasteiger partial charge in [0.25, 0.3) is 0 Å². The Hall–Kier alpha value is -3.00. The van der Waals surface area contributed by atoms with Gasteiger partial charge in [-0.05, 0) is 35.2 Å². The van der Waals surface area contributed by atoms with E-state index in [1.54, 1.807) is 12.3 Å². The molecule has 0 aliphatic carbocycles. The van der Waals surface area contributed by atoms with Crippen molar-refractivity contribution >= 4 is 5.69 Å². The number of anilines is 1. The van der Waals surface area contributed by atoms with Crippen molar-refractivity contribution in [2.75, 3.05) is 44.7 Å². The molecule has 7 heteroatoms. The topological polar surface area (TPSA) is 52.1 Å². The highest BCUT2D eigenvalue weighted by Crippen LogP contribution is 2.29. The zero-order chi connectivity index (χ0) is 24.2. The molecule has 0 saturated heterocycles. The Balaban J connectivity index is 1.18. The van der Waals surface area contributed by atoms with Gasteiger partial charge in [-0.1, -0.05) is 30.3 Å². The summed E-state index contributed by atoms with van der Waals surface area (Å²) in [6.07, 6.45) is 3.42. The van der Waals surface area contributed by atoms with E-state index in [0.29, 0.717) is 24.4 Å². The molecule has 0 fully saturated rings. The van der Waals surface area contributed by atoms with Gasteiger partial charge in [0.1, 0.15) is 18.2 Å². The molecule has 1 aromatic heterocycles. The smallest absolute Gasteiger partial charge is 0.148 e. The van der Waals surface area contributed by atoms with Crippen molar-refractivity contribution in [1.82, 2.24) is 14.8 Å². The average Bonchev–Trinajstić information content (AvgIpc) is 3.01. The molecule has 0 unspecified atom stereocenters. The molecule has 2 aromatic carbocycles. The van der Waals surface area contributed by atoms with Crippen molar-refractivity contribution in [2.45, 2.75) is 32.2 Å². The molecule has 0 amide bonds. The molecule has 0 spiro atoms. The largest absolute Gasteiger partial charge is 0.489 e. The van der Waals surface area contributed by atoms with E-state index >= 15 is 0 Å². The Morgan fingerprint density at radius 1 is 0.971 bits per heavy atom. The minimum absolute atomic E-state index is 0.163. The number of ether oxygens (including phenoxy) is 1. The third-order valence-electron chi connectivity index (χ3n) is 7.01. The van der Waals surface area contributed by atoms with Crippen LogP contribution in [0.5, 0.6) is 5.75 Å². The first-order chi connectivity index (χ1) is 17.0. The summed E-state index contributed by atoms with van der Waals surface area (Å²) in [5, 5.41) is 10.9. The first-order valence-corrected chi connectivity index (χ1v) is 12.3. The second-order valence-corrected chi connectivity index (χ2v) is 9.61. The van der Waals surface area contributed by atoms with Crippen molar-refractivity contribution in [3.05, 3.63) is 89.0 Å². The van der Waals surface area contributed by atoms with Crippen LogP contribution in [-0.2, 0) is 26.1 Å². The van der Waals surface area contributed by atoms with Crippen LogP contribution in [0.3, 0.4) is 0 Å². The zero-order valence-electron chi connectivity index (χ0n) is 20.2. The Bertz CT molecular complexity index is 1160. The van der Waals surface area contributed by atoms with Crippen LogP contribution < -0.4 is 9.64 Å². The number of hydrogen-bond acceptors (Lipinski definition) is 6. The number of pyridine rings is 1. The van der Waals surface area contributed by atoms with Gasteiger partial charge in [-0.3, -0.25) is 14.8 Å². The number of aliphatic hydroxyl groups excluding tert-OH is 1. The minimum atomic E-state index is -0.398. The van der Waals surface area contributed by atoms with E-state index in [2.05, 4.69) is 57.1 Å². The molecular weight excluding hydrogens is 443 g/mol. The van der Waals surface area contributed by atoms with Gasteiger partial charge < -0.3 is 14.7 Å². The second kappa shape index (κ2) is 10.7. The molecule has 0 radical (unpaired) electrons. The highest BCUT2D eigenvalue weighted by atomic mass is 19.1. The SMILES string of the molecule is CN1CCN(C[C@H](O)CN2CCc3ccccc3C2)Cc2ccc(OCc3ccncc3F)cc21. The van der Waals surface area contributed by atoms with Crippen molar-refractivity contribution < 1.29 is 14.2 Å². The predicted octanol–water partition coefficient (Wildman–Crippen LogP) is 3.47. The third kappa shape index (κ3) is 5.81. The molecule has 2 aliphatic rings. The van der Waals surface area contributed by atoms with Crippen LogP contribution in [0, 0.1) is 5.82 Å². The van der Waals surface area contributed by atoms with E-state index in [-0.39, 0.29) is 12.4 Å². The monoisotopic (exact) mass is 476 g/mol. The summed E-state index contributed by atoms with van der Waals surface area (Å²) in [7, 11) is 2.08. The molecule has 3 heterocycles. The lowest BCUT2D eigenvalue weighted by Gasteiger charge is -2.32. The van der Waals surface area contributed by atoms with Crippen LogP contribution in [0.2, 0.25) is 0 Å². The summed E-state index contributed by atoms with van der Waals surface area (Å²) >= 11 is 0. The van der Waals surface area contributed by atoms with Crippen LogP contribution in [0.4, 0.5) is 10.1 Å². The molecule has 6 nitrogen and oxygen atoms in total. The molecule has 5 rings (SSSR count).